The molecule has 7 heteroatoms. The van der Waals surface area contributed by atoms with E-state index in [4.69, 9.17) is 23.2 Å². The van der Waals surface area contributed by atoms with Crippen LogP contribution in [0.15, 0.2) is 48.2 Å². The molecule has 1 heterocycles. The van der Waals surface area contributed by atoms with Crippen LogP contribution in [0.3, 0.4) is 0 Å². The molecule has 0 radical (unpaired) electrons. The number of hydrogen-bond acceptors (Lipinski definition) is 2. The van der Waals surface area contributed by atoms with Gasteiger partial charge < -0.3 is 5.32 Å². The fourth-order valence-electron chi connectivity index (χ4n) is 2.28. The third kappa shape index (κ3) is 3.27. The summed E-state index contributed by atoms with van der Waals surface area (Å²) in [5.41, 5.74) is 0.769. The first-order valence-electron chi connectivity index (χ1n) is 6.98. The average molecular weight is 365 g/mol. The lowest BCUT2D eigenvalue weighted by atomic mass is 10.1. The van der Waals surface area contributed by atoms with Gasteiger partial charge in [0.15, 0.2) is 0 Å². The summed E-state index contributed by atoms with van der Waals surface area (Å²) in [4.78, 5) is 25.5. The minimum Gasteiger partial charge on any atom is -0.303 e. The molecule has 0 spiro atoms. The van der Waals surface area contributed by atoms with Crippen LogP contribution in [-0.4, -0.2) is 16.8 Å². The van der Waals surface area contributed by atoms with Gasteiger partial charge in [-0.2, -0.15) is 0 Å². The van der Waals surface area contributed by atoms with Crippen molar-refractivity contribution in [3.63, 3.8) is 0 Å². The summed E-state index contributed by atoms with van der Waals surface area (Å²) < 4.78 is 13.8. The number of nitrogens with zero attached hydrogens (tertiary/aromatic N) is 1. The van der Waals surface area contributed by atoms with Crippen LogP contribution >= 0.6 is 23.2 Å². The number of carbonyl (C=O) groups is 2. The smallest absolute Gasteiger partial charge is 0.303 e. The van der Waals surface area contributed by atoms with Gasteiger partial charge in [0.25, 0.3) is 5.91 Å². The zero-order valence-electron chi connectivity index (χ0n) is 12.2. The second kappa shape index (κ2) is 6.63. The number of nitrogens with one attached hydrogen (secondary N) is 1. The average Bonchev–Trinajstić information content (AvgIpc) is 2.80. The first-order valence-corrected chi connectivity index (χ1v) is 7.74. The summed E-state index contributed by atoms with van der Waals surface area (Å²) in [6.45, 7) is 0.0875. The second-order valence-electron chi connectivity index (χ2n) is 5.14. The lowest BCUT2D eigenvalue weighted by Crippen LogP contribution is -2.30. The number of urea groups is 1. The standard InChI is InChI=1S/C17H11Cl2FN2O2/c18-11-6-4-10(5-7-11)9-22-16(23)15(21-17(22)24)8-12-13(19)2-1-3-14(12)20/h1-8H,9H2,(H,21,24)/b15-8-. The molecule has 122 valence electrons. The van der Waals surface area contributed by atoms with Crippen molar-refractivity contribution in [1.29, 1.82) is 0 Å². The Hall–Kier alpha value is -2.37. The first-order chi connectivity index (χ1) is 11.5. The summed E-state index contributed by atoms with van der Waals surface area (Å²) >= 11 is 11.8. The molecule has 0 aromatic heterocycles. The van der Waals surface area contributed by atoms with Crippen molar-refractivity contribution in [2.75, 3.05) is 0 Å². The molecule has 2 aromatic carbocycles. The molecular weight excluding hydrogens is 354 g/mol. The Labute approximate surface area is 147 Å². The largest absolute Gasteiger partial charge is 0.329 e. The van der Waals surface area contributed by atoms with Gasteiger partial charge >= 0.3 is 6.03 Å². The molecule has 1 N–H and O–H groups in total. The highest BCUT2D eigenvalue weighted by molar-refractivity contribution is 6.32. The van der Waals surface area contributed by atoms with Gasteiger partial charge in [0.05, 0.1) is 11.6 Å². The van der Waals surface area contributed by atoms with Crippen LogP contribution in [0.1, 0.15) is 11.1 Å². The maximum atomic E-state index is 13.8. The van der Waals surface area contributed by atoms with Crippen molar-refractivity contribution >= 4 is 41.2 Å². The maximum absolute atomic E-state index is 13.8. The minimum atomic E-state index is -0.576. The van der Waals surface area contributed by atoms with Crippen LogP contribution < -0.4 is 5.32 Å². The molecule has 3 amide bonds. The normalized spacial score (nSPS) is 16.0. The molecule has 1 fully saturated rings. The van der Waals surface area contributed by atoms with Gasteiger partial charge in [0, 0.05) is 10.6 Å². The summed E-state index contributed by atoms with van der Waals surface area (Å²) in [5.74, 6) is -1.12. The quantitative estimate of drug-likeness (QED) is 0.654. The van der Waals surface area contributed by atoms with Gasteiger partial charge in [-0.3, -0.25) is 9.69 Å². The van der Waals surface area contributed by atoms with Gasteiger partial charge in [-0.05, 0) is 35.9 Å². The lowest BCUT2D eigenvalue weighted by Gasteiger charge is -2.11. The molecule has 1 aliphatic rings. The highest BCUT2D eigenvalue weighted by Gasteiger charge is 2.33. The van der Waals surface area contributed by atoms with E-state index in [1.54, 1.807) is 24.3 Å². The van der Waals surface area contributed by atoms with Crippen LogP contribution in [0.4, 0.5) is 9.18 Å². The van der Waals surface area contributed by atoms with E-state index in [-0.39, 0.29) is 22.8 Å². The van der Waals surface area contributed by atoms with E-state index in [1.807, 2.05) is 0 Å². The summed E-state index contributed by atoms with van der Waals surface area (Å²) in [6, 6.07) is 10.4. The number of amides is 3. The number of carbonyl (C=O) groups excluding carboxylic acids is 2. The Morgan fingerprint density at radius 1 is 1.08 bits per heavy atom. The van der Waals surface area contributed by atoms with Gasteiger partial charge in [0.2, 0.25) is 0 Å². The summed E-state index contributed by atoms with van der Waals surface area (Å²) in [5, 5.41) is 3.15. The van der Waals surface area contributed by atoms with Crippen molar-refractivity contribution in [3.8, 4) is 0 Å². The van der Waals surface area contributed by atoms with Crippen molar-refractivity contribution < 1.29 is 14.0 Å². The Morgan fingerprint density at radius 3 is 2.46 bits per heavy atom. The van der Waals surface area contributed by atoms with E-state index >= 15 is 0 Å². The van der Waals surface area contributed by atoms with E-state index in [0.717, 1.165) is 10.5 Å². The Balaban J connectivity index is 1.86. The van der Waals surface area contributed by atoms with E-state index in [0.29, 0.717) is 5.02 Å². The molecule has 0 atom stereocenters. The SMILES string of the molecule is O=C1N/C(=C\c2c(F)cccc2Cl)C(=O)N1Cc1ccc(Cl)cc1. The van der Waals surface area contributed by atoms with Crippen molar-refractivity contribution in [1.82, 2.24) is 10.2 Å². The first kappa shape index (κ1) is 16.5. The second-order valence-corrected chi connectivity index (χ2v) is 5.98. The molecule has 0 aliphatic carbocycles. The molecule has 0 saturated carbocycles. The molecular formula is C17H11Cl2FN2O2. The number of hydrogen-bond donors (Lipinski definition) is 1. The molecule has 1 saturated heterocycles. The fourth-order valence-corrected chi connectivity index (χ4v) is 2.62. The molecule has 24 heavy (non-hydrogen) atoms. The van der Waals surface area contributed by atoms with Crippen molar-refractivity contribution in [2.45, 2.75) is 6.54 Å². The van der Waals surface area contributed by atoms with Crippen molar-refractivity contribution in [3.05, 3.63) is 75.2 Å². The predicted molar refractivity (Wildman–Crippen MR) is 89.9 cm³/mol. The van der Waals surface area contributed by atoms with Crippen LogP contribution in [0.2, 0.25) is 10.0 Å². The van der Waals surface area contributed by atoms with E-state index in [1.165, 1.54) is 24.3 Å². The molecule has 1 aliphatic heterocycles. The van der Waals surface area contributed by atoms with Gasteiger partial charge in [-0.1, -0.05) is 41.4 Å². The topological polar surface area (TPSA) is 49.4 Å². The fraction of sp³-hybridized carbons (Fsp3) is 0.0588. The third-order valence-corrected chi connectivity index (χ3v) is 4.09. The molecule has 0 unspecified atom stereocenters. The van der Waals surface area contributed by atoms with Gasteiger partial charge in [-0.15, -0.1) is 0 Å². The Bertz CT molecular complexity index is 830. The third-order valence-electron chi connectivity index (χ3n) is 3.50. The van der Waals surface area contributed by atoms with Crippen molar-refractivity contribution in [2.24, 2.45) is 0 Å². The number of imide groups is 1. The molecule has 2 aromatic rings. The van der Waals surface area contributed by atoms with Gasteiger partial charge in [0.1, 0.15) is 11.5 Å². The predicted octanol–water partition coefficient (Wildman–Crippen LogP) is 4.23. The summed E-state index contributed by atoms with van der Waals surface area (Å²) in [6.07, 6.45) is 1.24. The van der Waals surface area contributed by atoms with E-state index in [9.17, 15) is 14.0 Å². The minimum absolute atomic E-state index is 0.0269. The summed E-state index contributed by atoms with van der Waals surface area (Å²) in [7, 11) is 0. The lowest BCUT2D eigenvalue weighted by molar-refractivity contribution is -0.123. The van der Waals surface area contributed by atoms with Gasteiger partial charge in [-0.25, -0.2) is 9.18 Å². The monoisotopic (exact) mass is 364 g/mol. The number of rotatable bonds is 3. The molecule has 4 nitrogen and oxygen atoms in total. The Morgan fingerprint density at radius 2 is 1.79 bits per heavy atom. The highest BCUT2D eigenvalue weighted by Crippen LogP contribution is 2.24. The zero-order valence-corrected chi connectivity index (χ0v) is 13.7. The molecule has 3 rings (SSSR count). The number of halogens is 3. The van der Waals surface area contributed by atoms with Crippen LogP contribution in [0.5, 0.6) is 0 Å². The maximum Gasteiger partial charge on any atom is 0.329 e. The molecule has 0 bridgehead atoms. The number of benzene rings is 2. The van der Waals surface area contributed by atoms with Crippen LogP contribution in [-0.2, 0) is 11.3 Å². The highest BCUT2D eigenvalue weighted by atomic mass is 35.5. The zero-order chi connectivity index (χ0) is 17.3. The van der Waals surface area contributed by atoms with E-state index in [2.05, 4.69) is 5.32 Å². The van der Waals surface area contributed by atoms with E-state index < -0.39 is 17.8 Å². The Kier molecular flexibility index (Phi) is 4.55. The van der Waals surface area contributed by atoms with Crippen LogP contribution in [0, 0.1) is 5.82 Å². The van der Waals surface area contributed by atoms with Crippen LogP contribution in [0.25, 0.3) is 6.08 Å².